The monoisotopic (exact) mass is 356 g/mol. The summed E-state index contributed by atoms with van der Waals surface area (Å²) in [6.45, 7) is 3.68. The molecule has 0 aromatic heterocycles. The molecule has 0 atom stereocenters. The highest BCUT2D eigenvalue weighted by molar-refractivity contribution is 5.88. The van der Waals surface area contributed by atoms with Gasteiger partial charge in [0.05, 0.1) is 5.41 Å². The first-order chi connectivity index (χ1) is 12.6. The molecule has 4 nitrogen and oxygen atoms in total. The zero-order valence-corrected chi connectivity index (χ0v) is 16.0. The first-order valence-corrected chi connectivity index (χ1v) is 10.2. The molecule has 1 N–H and O–H groups in total. The Morgan fingerprint density at radius 3 is 2.38 bits per heavy atom. The van der Waals surface area contributed by atoms with E-state index < -0.39 is 5.41 Å². The van der Waals surface area contributed by atoms with Crippen LogP contribution >= 0.6 is 0 Å². The van der Waals surface area contributed by atoms with E-state index in [4.69, 9.17) is 0 Å². The molecule has 1 saturated heterocycles. The predicted molar refractivity (Wildman–Crippen MR) is 104 cm³/mol. The summed E-state index contributed by atoms with van der Waals surface area (Å²) in [7, 11) is 0. The van der Waals surface area contributed by atoms with E-state index in [1.165, 1.54) is 32.1 Å². The van der Waals surface area contributed by atoms with Crippen molar-refractivity contribution in [2.45, 2.75) is 63.7 Å². The molecule has 2 aliphatic rings. The van der Waals surface area contributed by atoms with Gasteiger partial charge >= 0.3 is 0 Å². The van der Waals surface area contributed by atoms with E-state index in [0.717, 1.165) is 24.4 Å². The zero-order chi connectivity index (χ0) is 18.4. The maximum atomic E-state index is 13.2. The summed E-state index contributed by atoms with van der Waals surface area (Å²) >= 11 is 0. The summed E-state index contributed by atoms with van der Waals surface area (Å²) in [5, 5.41) is 3.22. The van der Waals surface area contributed by atoms with Crippen LogP contribution < -0.4 is 5.32 Å². The van der Waals surface area contributed by atoms with Crippen LogP contribution in [-0.4, -0.2) is 36.3 Å². The molecule has 1 heterocycles. The van der Waals surface area contributed by atoms with Gasteiger partial charge in [0.2, 0.25) is 11.8 Å². The van der Waals surface area contributed by atoms with Crippen molar-refractivity contribution in [2.75, 3.05) is 19.6 Å². The second-order valence-electron chi connectivity index (χ2n) is 8.00. The van der Waals surface area contributed by atoms with Crippen molar-refractivity contribution in [2.24, 2.45) is 5.92 Å². The Hall–Kier alpha value is -1.84. The highest BCUT2D eigenvalue weighted by atomic mass is 16.2. The summed E-state index contributed by atoms with van der Waals surface area (Å²) in [6.07, 6.45) is 9.18. The average molecular weight is 357 g/mol. The molecule has 1 aliphatic heterocycles. The van der Waals surface area contributed by atoms with Gasteiger partial charge in [0.25, 0.3) is 0 Å². The van der Waals surface area contributed by atoms with Crippen LogP contribution in [-0.2, 0) is 15.0 Å². The lowest BCUT2D eigenvalue weighted by atomic mass is 9.72. The van der Waals surface area contributed by atoms with Crippen molar-refractivity contribution in [3.05, 3.63) is 35.9 Å². The second-order valence-corrected chi connectivity index (χ2v) is 8.00. The van der Waals surface area contributed by atoms with E-state index in [1.807, 2.05) is 23.1 Å². The van der Waals surface area contributed by atoms with Crippen LogP contribution in [0.4, 0.5) is 0 Å². The summed E-state index contributed by atoms with van der Waals surface area (Å²) in [4.78, 5) is 26.7. The van der Waals surface area contributed by atoms with E-state index in [-0.39, 0.29) is 11.8 Å². The minimum atomic E-state index is -0.499. The van der Waals surface area contributed by atoms with Crippen LogP contribution in [0.15, 0.2) is 30.3 Å². The van der Waals surface area contributed by atoms with Crippen LogP contribution in [0.25, 0.3) is 0 Å². The fourth-order valence-corrected chi connectivity index (χ4v) is 4.67. The van der Waals surface area contributed by atoms with E-state index in [2.05, 4.69) is 17.4 Å². The number of hydrogen-bond acceptors (Lipinski definition) is 2. The average Bonchev–Trinajstić information content (AvgIpc) is 3.19. The van der Waals surface area contributed by atoms with E-state index in [1.54, 1.807) is 6.92 Å². The first kappa shape index (κ1) is 18.9. The van der Waals surface area contributed by atoms with Gasteiger partial charge in [-0.1, -0.05) is 56.0 Å². The number of amides is 2. The van der Waals surface area contributed by atoms with Crippen molar-refractivity contribution in [3.63, 3.8) is 0 Å². The minimum Gasteiger partial charge on any atom is -0.355 e. The minimum absolute atomic E-state index is 0.101. The highest BCUT2D eigenvalue weighted by Gasteiger charge is 2.43. The maximum absolute atomic E-state index is 13.2. The fourth-order valence-electron chi connectivity index (χ4n) is 4.67. The Labute approximate surface area is 157 Å². The van der Waals surface area contributed by atoms with E-state index in [9.17, 15) is 9.59 Å². The van der Waals surface area contributed by atoms with Gasteiger partial charge in [-0.3, -0.25) is 9.59 Å². The number of rotatable bonds is 6. The Morgan fingerprint density at radius 1 is 1.12 bits per heavy atom. The Morgan fingerprint density at radius 2 is 1.77 bits per heavy atom. The third kappa shape index (κ3) is 4.28. The van der Waals surface area contributed by atoms with Crippen molar-refractivity contribution < 1.29 is 9.59 Å². The number of likely N-dealkylation sites (tertiary alicyclic amines) is 1. The van der Waals surface area contributed by atoms with Crippen LogP contribution in [0.3, 0.4) is 0 Å². The number of nitrogens with one attached hydrogen (secondary N) is 1. The van der Waals surface area contributed by atoms with Crippen LogP contribution in [0.2, 0.25) is 0 Å². The molecule has 0 bridgehead atoms. The van der Waals surface area contributed by atoms with Gasteiger partial charge in [-0.25, -0.2) is 0 Å². The summed E-state index contributed by atoms with van der Waals surface area (Å²) < 4.78 is 0. The second kappa shape index (κ2) is 8.70. The smallest absolute Gasteiger partial charge is 0.230 e. The molecule has 0 spiro atoms. The lowest BCUT2D eigenvalue weighted by molar-refractivity contribution is -0.135. The van der Waals surface area contributed by atoms with Crippen molar-refractivity contribution >= 4 is 11.8 Å². The van der Waals surface area contributed by atoms with Gasteiger partial charge < -0.3 is 10.2 Å². The Kier molecular flexibility index (Phi) is 6.33. The number of benzene rings is 1. The van der Waals surface area contributed by atoms with Gasteiger partial charge in [-0.15, -0.1) is 0 Å². The molecule has 26 heavy (non-hydrogen) atoms. The number of piperidine rings is 1. The van der Waals surface area contributed by atoms with Gasteiger partial charge in [0.1, 0.15) is 0 Å². The number of carbonyl (C=O) groups excluding carboxylic acids is 2. The third-order valence-electron chi connectivity index (χ3n) is 6.37. The van der Waals surface area contributed by atoms with Crippen molar-refractivity contribution in [1.82, 2.24) is 10.2 Å². The third-order valence-corrected chi connectivity index (χ3v) is 6.37. The molecule has 0 radical (unpaired) electrons. The quantitative estimate of drug-likeness (QED) is 0.791. The van der Waals surface area contributed by atoms with E-state index in [0.29, 0.717) is 25.9 Å². The first-order valence-electron chi connectivity index (χ1n) is 10.2. The molecular weight excluding hydrogens is 324 g/mol. The molecule has 2 amide bonds. The molecule has 1 aliphatic carbocycles. The molecule has 1 aromatic rings. The Bertz CT molecular complexity index is 600. The lowest BCUT2D eigenvalue weighted by Crippen LogP contribution is -2.52. The summed E-state index contributed by atoms with van der Waals surface area (Å²) in [6, 6.07) is 10.1. The normalized spacial score (nSPS) is 20.1. The SMILES string of the molecule is CC(=O)N1CCC(C(=O)NCCCC2CCCC2)(c2ccccc2)CC1. The summed E-state index contributed by atoms with van der Waals surface area (Å²) in [5.74, 6) is 1.11. The molecule has 4 heteroatoms. The molecule has 2 fully saturated rings. The number of carbonyl (C=O) groups is 2. The van der Waals surface area contributed by atoms with Crippen molar-refractivity contribution in [3.8, 4) is 0 Å². The zero-order valence-electron chi connectivity index (χ0n) is 16.0. The summed E-state index contributed by atoms with van der Waals surface area (Å²) in [5.41, 5.74) is 0.581. The largest absolute Gasteiger partial charge is 0.355 e. The standard InChI is InChI=1S/C22H32N2O2/c1-18(25)24-16-13-22(14-17-24,20-11-3-2-4-12-20)21(26)23-15-7-10-19-8-5-6-9-19/h2-4,11-12,19H,5-10,13-17H2,1H3,(H,23,26). The molecule has 1 aromatic carbocycles. The molecule has 1 saturated carbocycles. The van der Waals surface area contributed by atoms with Gasteiger partial charge in [-0.05, 0) is 37.2 Å². The van der Waals surface area contributed by atoms with Crippen molar-refractivity contribution in [1.29, 1.82) is 0 Å². The predicted octanol–water partition coefficient (Wildman–Crippen LogP) is 3.65. The highest BCUT2D eigenvalue weighted by Crippen LogP contribution is 2.36. The molecule has 142 valence electrons. The van der Waals surface area contributed by atoms with Crippen LogP contribution in [0.1, 0.15) is 63.9 Å². The van der Waals surface area contributed by atoms with Crippen LogP contribution in [0, 0.1) is 5.92 Å². The molecule has 3 rings (SSSR count). The molecule has 0 unspecified atom stereocenters. The topological polar surface area (TPSA) is 49.4 Å². The van der Waals surface area contributed by atoms with Crippen LogP contribution in [0.5, 0.6) is 0 Å². The van der Waals surface area contributed by atoms with Gasteiger partial charge in [-0.2, -0.15) is 0 Å². The number of nitrogens with zero attached hydrogens (tertiary/aromatic N) is 1. The molecular formula is C22H32N2O2. The van der Waals surface area contributed by atoms with Gasteiger partial charge in [0.15, 0.2) is 0 Å². The van der Waals surface area contributed by atoms with Gasteiger partial charge in [0, 0.05) is 26.6 Å². The van der Waals surface area contributed by atoms with E-state index >= 15 is 0 Å². The Balaban J connectivity index is 1.62. The lowest BCUT2D eigenvalue weighted by Gasteiger charge is -2.40. The number of hydrogen-bond donors (Lipinski definition) is 1. The fraction of sp³-hybridized carbons (Fsp3) is 0.636. The maximum Gasteiger partial charge on any atom is 0.230 e.